The number of carbonyl (C=O) groups is 1. The molecule has 0 bridgehead atoms. The lowest BCUT2D eigenvalue weighted by molar-refractivity contribution is -0.284. The Hall–Kier alpha value is -1.43. The summed E-state index contributed by atoms with van der Waals surface area (Å²) in [5.74, 6) is -0.772. The summed E-state index contributed by atoms with van der Waals surface area (Å²) in [5, 5.41) is 0. The molecule has 6 rings (SSSR count). The van der Waals surface area contributed by atoms with E-state index in [1.165, 1.54) is 17.3 Å². The first-order chi connectivity index (χ1) is 26.0. The average molecular weight is 787 g/mol. The van der Waals surface area contributed by atoms with Crippen LogP contribution in [-0.4, -0.2) is 61.8 Å². The van der Waals surface area contributed by atoms with E-state index >= 15 is 0 Å². The van der Waals surface area contributed by atoms with E-state index in [2.05, 4.69) is 19.1 Å². The second kappa shape index (κ2) is 19.3. The van der Waals surface area contributed by atoms with Crippen molar-refractivity contribution in [3.8, 4) is 5.75 Å². The smallest absolute Gasteiger partial charge is 0.453 e. The maximum Gasteiger partial charge on any atom is 0.453 e. The fourth-order valence-electron chi connectivity index (χ4n) is 10.5. The first kappa shape index (κ1) is 42.2. The molecule has 0 spiro atoms. The van der Waals surface area contributed by atoms with Gasteiger partial charge in [0.2, 0.25) is 0 Å². The highest BCUT2D eigenvalue weighted by Crippen LogP contribution is 2.64. The number of hydrogen-bond acceptors (Lipinski definition) is 6. The Morgan fingerprint density at radius 1 is 0.815 bits per heavy atom. The van der Waals surface area contributed by atoms with Gasteiger partial charge in [0.05, 0.1) is 13.2 Å². The van der Waals surface area contributed by atoms with E-state index < -0.39 is 18.5 Å². The second-order valence-corrected chi connectivity index (χ2v) is 18.3. The van der Waals surface area contributed by atoms with Crippen LogP contribution in [0.25, 0.3) is 0 Å². The van der Waals surface area contributed by atoms with Crippen molar-refractivity contribution in [3.63, 3.8) is 0 Å². The van der Waals surface area contributed by atoms with Gasteiger partial charge in [0.1, 0.15) is 5.75 Å². The lowest BCUT2D eigenvalue weighted by Crippen LogP contribution is -2.48. The molecule has 1 aromatic carbocycles. The minimum atomic E-state index is -5.46. The third kappa shape index (κ3) is 10.4. The van der Waals surface area contributed by atoms with E-state index in [4.69, 9.17) is 18.9 Å². The monoisotopic (exact) mass is 786 g/mol. The molecule has 2 saturated carbocycles. The summed E-state index contributed by atoms with van der Waals surface area (Å²) in [5.41, 5.74) is 2.23. The van der Waals surface area contributed by atoms with Gasteiger partial charge < -0.3 is 18.9 Å². The molecule has 1 aromatic rings. The average Bonchev–Trinajstić information content (AvgIpc) is 3.50. The summed E-state index contributed by atoms with van der Waals surface area (Å²) in [7, 11) is 0. The standard InChI is InChI=1S/C43H63F5O5S/c1-41-23-21-33-32-19-18-31(53-38-16-9-11-25-51-38)28-35(32)40(49)34(39(33)36(41)20-17-30(41)29-52-37-15-8-10-24-50-37)14-7-5-3-2-4-6-12-26-54-27-13-22-42(44,45)43(46,47)48/h18-19,28,30,33-34,36-39H,2-17,20-27,29H2,1H3/t30?,33?,34-,36?,37?,38?,39?,41+/m0/s1. The summed E-state index contributed by atoms with van der Waals surface area (Å²) >= 11 is 1.46. The van der Waals surface area contributed by atoms with Gasteiger partial charge in [-0.2, -0.15) is 33.7 Å². The van der Waals surface area contributed by atoms with Gasteiger partial charge in [0, 0.05) is 30.9 Å². The van der Waals surface area contributed by atoms with Crippen LogP contribution in [0, 0.1) is 29.1 Å². The molecular formula is C43H63F5O5S. The van der Waals surface area contributed by atoms with Crippen molar-refractivity contribution in [2.24, 2.45) is 29.1 Å². The maximum absolute atomic E-state index is 14.6. The number of carbonyl (C=O) groups excluding carboxylic acids is 1. The number of Topliss-reactive ketones (excluding diaryl/α,β-unsaturated/α-hetero) is 1. The van der Waals surface area contributed by atoms with Crippen LogP contribution in [0.4, 0.5) is 22.0 Å². The highest BCUT2D eigenvalue weighted by atomic mass is 32.2. The minimum Gasteiger partial charge on any atom is -0.465 e. The normalized spacial score (nSPS) is 31.5. The van der Waals surface area contributed by atoms with Crippen molar-refractivity contribution in [2.45, 2.75) is 166 Å². The molecule has 54 heavy (non-hydrogen) atoms. The quantitative estimate of drug-likeness (QED) is 0.103. The summed E-state index contributed by atoms with van der Waals surface area (Å²) in [6, 6.07) is 6.25. The summed E-state index contributed by atoms with van der Waals surface area (Å²) in [6.07, 6.45) is 12.0. The van der Waals surface area contributed by atoms with E-state index in [-0.39, 0.29) is 30.3 Å². The second-order valence-electron chi connectivity index (χ2n) is 17.1. The third-order valence-electron chi connectivity index (χ3n) is 13.5. The highest BCUT2D eigenvalue weighted by Gasteiger charge is 2.59. The first-order valence-corrected chi connectivity index (χ1v) is 22.4. The molecule has 0 aromatic heterocycles. The molecule has 0 amide bonds. The van der Waals surface area contributed by atoms with Gasteiger partial charge in [-0.3, -0.25) is 4.79 Å². The molecule has 0 radical (unpaired) electrons. The maximum atomic E-state index is 14.6. The molecule has 2 heterocycles. The molecule has 0 N–H and O–H groups in total. The fraction of sp³-hybridized carbons (Fsp3) is 0.837. The molecule has 2 aliphatic heterocycles. The van der Waals surface area contributed by atoms with Crippen molar-refractivity contribution in [3.05, 3.63) is 29.3 Å². The Bertz CT molecular complexity index is 1330. The van der Waals surface area contributed by atoms with Gasteiger partial charge in [-0.05, 0) is 135 Å². The summed E-state index contributed by atoms with van der Waals surface area (Å²) in [6.45, 7) is 4.73. The number of thioether (sulfide) groups is 1. The van der Waals surface area contributed by atoms with Crippen molar-refractivity contribution in [2.75, 3.05) is 31.3 Å². The van der Waals surface area contributed by atoms with Crippen LogP contribution in [0.3, 0.4) is 0 Å². The Kier molecular flexibility index (Phi) is 15.1. The van der Waals surface area contributed by atoms with Crippen LogP contribution in [0.5, 0.6) is 5.75 Å². The number of ether oxygens (including phenoxy) is 4. The molecule has 5 nitrogen and oxygen atoms in total. The van der Waals surface area contributed by atoms with Crippen molar-refractivity contribution >= 4 is 17.5 Å². The van der Waals surface area contributed by atoms with Gasteiger partial charge in [-0.1, -0.05) is 51.5 Å². The van der Waals surface area contributed by atoms with E-state index in [0.29, 0.717) is 41.8 Å². The predicted molar refractivity (Wildman–Crippen MR) is 202 cm³/mol. The van der Waals surface area contributed by atoms with Gasteiger partial charge >= 0.3 is 12.1 Å². The molecule has 4 fully saturated rings. The number of rotatable bonds is 19. The highest BCUT2D eigenvalue weighted by molar-refractivity contribution is 7.99. The lowest BCUT2D eigenvalue weighted by Gasteiger charge is -2.53. The Balaban J connectivity index is 1.01. The van der Waals surface area contributed by atoms with Crippen LogP contribution in [0.15, 0.2) is 18.2 Å². The number of halogens is 5. The zero-order chi connectivity index (χ0) is 38.2. The first-order valence-electron chi connectivity index (χ1n) is 21.2. The van der Waals surface area contributed by atoms with Gasteiger partial charge in [-0.25, -0.2) is 0 Å². The summed E-state index contributed by atoms with van der Waals surface area (Å²) in [4.78, 5) is 14.6. The van der Waals surface area contributed by atoms with Gasteiger partial charge in [0.15, 0.2) is 18.4 Å². The third-order valence-corrected chi connectivity index (χ3v) is 14.7. The number of unbranched alkanes of at least 4 members (excludes halogenated alkanes) is 6. The van der Waals surface area contributed by atoms with Crippen LogP contribution in [0.2, 0.25) is 0 Å². The zero-order valence-corrected chi connectivity index (χ0v) is 33.1. The SMILES string of the molecule is C[C@]12CCC3c4ccc(OC5CCCCO5)cc4C(=O)[C@@H](CCCCCCCCCSCCCC(F)(F)C(F)(F)F)C3C1CCC2COC1CCCCO1. The molecule has 5 aliphatic rings. The van der Waals surface area contributed by atoms with E-state index in [1.54, 1.807) is 0 Å². The Labute approximate surface area is 323 Å². The molecule has 2 saturated heterocycles. The fourth-order valence-corrected chi connectivity index (χ4v) is 11.4. The van der Waals surface area contributed by atoms with Crippen molar-refractivity contribution < 1.29 is 45.7 Å². The summed E-state index contributed by atoms with van der Waals surface area (Å²) < 4.78 is 87.6. The minimum absolute atomic E-state index is 0.00255. The lowest BCUT2D eigenvalue weighted by atomic mass is 9.51. The van der Waals surface area contributed by atoms with Crippen LogP contribution < -0.4 is 4.74 Å². The predicted octanol–water partition coefficient (Wildman–Crippen LogP) is 12.3. The Morgan fingerprint density at radius 2 is 1.50 bits per heavy atom. The molecule has 306 valence electrons. The van der Waals surface area contributed by atoms with Crippen molar-refractivity contribution in [1.82, 2.24) is 0 Å². The largest absolute Gasteiger partial charge is 0.465 e. The van der Waals surface area contributed by atoms with Crippen LogP contribution in [-0.2, 0) is 14.2 Å². The molecule has 3 aliphatic carbocycles. The van der Waals surface area contributed by atoms with Gasteiger partial charge in [-0.15, -0.1) is 0 Å². The van der Waals surface area contributed by atoms with Crippen molar-refractivity contribution in [1.29, 1.82) is 0 Å². The zero-order valence-electron chi connectivity index (χ0n) is 32.3. The van der Waals surface area contributed by atoms with Crippen LogP contribution in [0.1, 0.15) is 157 Å². The van der Waals surface area contributed by atoms with Crippen LogP contribution >= 0.6 is 11.8 Å². The number of alkyl halides is 5. The number of ketones is 1. The molecular weight excluding hydrogens is 724 g/mol. The molecule has 6 unspecified atom stereocenters. The topological polar surface area (TPSA) is 54.0 Å². The number of hydrogen-bond donors (Lipinski definition) is 0. The molecule has 11 heteroatoms. The number of fused-ring (bicyclic) bond motifs is 5. The van der Waals surface area contributed by atoms with E-state index in [1.807, 2.05) is 6.07 Å². The number of benzene rings is 1. The van der Waals surface area contributed by atoms with E-state index in [0.717, 1.165) is 146 Å². The van der Waals surface area contributed by atoms with E-state index in [9.17, 15) is 26.7 Å². The Morgan fingerprint density at radius 3 is 2.20 bits per heavy atom. The molecule has 8 atom stereocenters. The van der Waals surface area contributed by atoms with Gasteiger partial charge in [0.25, 0.3) is 0 Å².